The van der Waals surface area contributed by atoms with Crippen LogP contribution in [0.1, 0.15) is 21.5 Å². The molecule has 0 fully saturated rings. The van der Waals surface area contributed by atoms with E-state index >= 15 is 0 Å². The van der Waals surface area contributed by atoms with E-state index in [1.54, 1.807) is 12.1 Å². The van der Waals surface area contributed by atoms with Gasteiger partial charge in [-0.1, -0.05) is 11.6 Å². The fourth-order valence-electron chi connectivity index (χ4n) is 2.69. The fourth-order valence-corrected chi connectivity index (χ4v) is 3.78. The van der Waals surface area contributed by atoms with E-state index in [2.05, 4.69) is 0 Å². The van der Waals surface area contributed by atoms with Gasteiger partial charge in [0.15, 0.2) is 16.6 Å². The molecule has 0 atom stereocenters. The van der Waals surface area contributed by atoms with Crippen LogP contribution in [0.15, 0.2) is 35.2 Å². The van der Waals surface area contributed by atoms with Gasteiger partial charge in [-0.25, -0.2) is 13.2 Å². The molecule has 3 rings (SSSR count). The van der Waals surface area contributed by atoms with Crippen molar-refractivity contribution in [1.82, 2.24) is 0 Å². The highest BCUT2D eigenvalue weighted by molar-refractivity contribution is 7.90. The number of hydrogen-bond donors (Lipinski definition) is 0. The number of carbonyl (C=O) groups excluding carboxylic acids is 1. The molecule has 0 aliphatic carbocycles. The number of rotatable bonds is 5. The van der Waals surface area contributed by atoms with Crippen LogP contribution in [0, 0.1) is 10.1 Å². The van der Waals surface area contributed by atoms with Gasteiger partial charge < -0.3 is 14.2 Å². The van der Waals surface area contributed by atoms with Gasteiger partial charge in [0.05, 0.1) is 17.1 Å². The van der Waals surface area contributed by atoms with E-state index in [1.807, 2.05) is 0 Å². The number of fused-ring (bicyclic) bond motifs is 1. The molecule has 1 aliphatic heterocycles. The van der Waals surface area contributed by atoms with Crippen LogP contribution in [-0.4, -0.2) is 32.4 Å². The summed E-state index contributed by atoms with van der Waals surface area (Å²) in [5, 5.41) is 11.6. The van der Waals surface area contributed by atoms with E-state index < -0.39 is 31.3 Å². The maximum absolute atomic E-state index is 12.3. The number of nitro groups is 1. The molecule has 0 unspecified atom stereocenters. The van der Waals surface area contributed by atoms with Gasteiger partial charge in [0.2, 0.25) is 0 Å². The standard InChI is InChI=1S/C17H14ClNO8S/c1-28(23,24)15-3-2-10(6-14(15)19(21)22)17(20)26-8-12-5-13(18)4-11-7-25-9-27-16(11)12/h2-6H,7-9H2,1H3. The first kappa shape index (κ1) is 20.1. The summed E-state index contributed by atoms with van der Waals surface area (Å²) in [4.78, 5) is 22.1. The Kier molecular flexibility index (Phi) is 5.54. The minimum atomic E-state index is -3.83. The van der Waals surface area contributed by atoms with Crippen LogP contribution in [0.5, 0.6) is 5.75 Å². The Morgan fingerprint density at radius 2 is 2.07 bits per heavy atom. The minimum Gasteiger partial charge on any atom is -0.467 e. The van der Waals surface area contributed by atoms with Crippen molar-refractivity contribution in [2.75, 3.05) is 13.0 Å². The number of nitro benzene ring substituents is 1. The third kappa shape index (κ3) is 4.24. The number of ether oxygens (including phenoxy) is 3. The molecule has 0 saturated carbocycles. The van der Waals surface area contributed by atoms with Crippen LogP contribution in [0.3, 0.4) is 0 Å². The molecule has 2 aromatic carbocycles. The van der Waals surface area contributed by atoms with Gasteiger partial charge in [0.1, 0.15) is 17.3 Å². The predicted octanol–water partition coefficient (Wildman–Crippen LogP) is 2.88. The van der Waals surface area contributed by atoms with Gasteiger partial charge in [0, 0.05) is 28.5 Å². The van der Waals surface area contributed by atoms with Gasteiger partial charge in [0.25, 0.3) is 5.69 Å². The highest BCUT2D eigenvalue weighted by Crippen LogP contribution is 2.32. The Hall–Kier alpha value is -2.69. The average Bonchev–Trinajstić information content (AvgIpc) is 2.64. The van der Waals surface area contributed by atoms with Crippen molar-refractivity contribution in [3.8, 4) is 5.75 Å². The lowest BCUT2D eigenvalue weighted by Crippen LogP contribution is -2.14. The zero-order chi connectivity index (χ0) is 20.5. The number of esters is 1. The molecular formula is C17H14ClNO8S. The maximum Gasteiger partial charge on any atom is 0.338 e. The molecule has 28 heavy (non-hydrogen) atoms. The summed E-state index contributed by atoms with van der Waals surface area (Å²) in [5.41, 5.74) is 0.371. The van der Waals surface area contributed by atoms with Gasteiger partial charge in [-0.2, -0.15) is 0 Å². The van der Waals surface area contributed by atoms with Crippen LogP contribution in [0.25, 0.3) is 0 Å². The van der Waals surface area contributed by atoms with Gasteiger partial charge in [-0.05, 0) is 24.3 Å². The second-order valence-corrected chi connectivity index (χ2v) is 8.37. The first-order valence-electron chi connectivity index (χ1n) is 7.84. The quantitative estimate of drug-likeness (QED) is 0.405. The van der Waals surface area contributed by atoms with E-state index in [9.17, 15) is 23.3 Å². The summed E-state index contributed by atoms with van der Waals surface area (Å²) in [5.74, 6) is -0.356. The summed E-state index contributed by atoms with van der Waals surface area (Å²) in [6.45, 7) is 0.161. The van der Waals surface area contributed by atoms with Crippen molar-refractivity contribution in [2.24, 2.45) is 0 Å². The van der Waals surface area contributed by atoms with E-state index in [-0.39, 0.29) is 19.0 Å². The van der Waals surface area contributed by atoms with Crippen molar-refractivity contribution in [3.05, 3.63) is 62.2 Å². The molecule has 2 aromatic rings. The minimum absolute atomic E-state index is 0.0503. The molecule has 0 spiro atoms. The summed E-state index contributed by atoms with van der Waals surface area (Å²) >= 11 is 6.05. The van der Waals surface area contributed by atoms with E-state index in [0.717, 1.165) is 24.5 Å². The monoisotopic (exact) mass is 427 g/mol. The molecule has 0 radical (unpaired) electrons. The number of nitrogens with zero attached hydrogens (tertiary/aromatic N) is 1. The summed E-state index contributed by atoms with van der Waals surface area (Å²) in [7, 11) is -3.83. The zero-order valence-corrected chi connectivity index (χ0v) is 16.1. The molecule has 0 bridgehead atoms. The lowest BCUT2D eigenvalue weighted by Gasteiger charge is -2.21. The third-order valence-electron chi connectivity index (χ3n) is 3.90. The van der Waals surface area contributed by atoms with Crippen molar-refractivity contribution in [3.63, 3.8) is 0 Å². The average molecular weight is 428 g/mol. The molecule has 148 valence electrons. The maximum atomic E-state index is 12.3. The first-order valence-corrected chi connectivity index (χ1v) is 10.1. The van der Waals surface area contributed by atoms with E-state index in [4.69, 9.17) is 25.8 Å². The van der Waals surface area contributed by atoms with Crippen molar-refractivity contribution in [1.29, 1.82) is 0 Å². The van der Waals surface area contributed by atoms with E-state index in [0.29, 0.717) is 28.5 Å². The molecule has 0 N–H and O–H groups in total. The Bertz CT molecular complexity index is 1070. The predicted molar refractivity (Wildman–Crippen MR) is 97.1 cm³/mol. The van der Waals surface area contributed by atoms with Gasteiger partial charge in [-0.3, -0.25) is 10.1 Å². The fraction of sp³-hybridized carbons (Fsp3) is 0.235. The smallest absolute Gasteiger partial charge is 0.338 e. The molecule has 0 aromatic heterocycles. The molecule has 9 nitrogen and oxygen atoms in total. The SMILES string of the molecule is CS(=O)(=O)c1ccc(C(=O)OCc2cc(Cl)cc3c2OCOC3)cc1[N+](=O)[O-]. The summed E-state index contributed by atoms with van der Waals surface area (Å²) < 4.78 is 39.1. The largest absolute Gasteiger partial charge is 0.467 e. The Morgan fingerprint density at radius 1 is 1.32 bits per heavy atom. The van der Waals surface area contributed by atoms with Gasteiger partial charge >= 0.3 is 5.97 Å². The highest BCUT2D eigenvalue weighted by atomic mass is 35.5. The van der Waals surface area contributed by atoms with Crippen molar-refractivity contribution < 1.29 is 32.3 Å². The third-order valence-corrected chi connectivity index (χ3v) is 5.26. The summed E-state index contributed by atoms with van der Waals surface area (Å²) in [6, 6.07) is 6.29. The van der Waals surface area contributed by atoms with E-state index in [1.165, 1.54) is 0 Å². The molecular weight excluding hydrogens is 414 g/mol. The summed E-state index contributed by atoms with van der Waals surface area (Å²) in [6.07, 6.45) is 0.847. The van der Waals surface area contributed by atoms with Crippen LogP contribution in [0.4, 0.5) is 5.69 Å². The number of halogens is 1. The van der Waals surface area contributed by atoms with Gasteiger partial charge in [-0.15, -0.1) is 0 Å². The highest BCUT2D eigenvalue weighted by Gasteiger charge is 2.25. The second-order valence-electron chi connectivity index (χ2n) is 5.95. The number of sulfone groups is 1. The zero-order valence-electron chi connectivity index (χ0n) is 14.5. The normalized spacial score (nSPS) is 13.4. The van der Waals surface area contributed by atoms with Crippen molar-refractivity contribution >= 4 is 33.1 Å². The molecule has 11 heteroatoms. The lowest BCUT2D eigenvalue weighted by molar-refractivity contribution is -0.387. The topological polar surface area (TPSA) is 122 Å². The molecule has 1 heterocycles. The Balaban J connectivity index is 1.84. The first-order chi connectivity index (χ1) is 13.2. The second kappa shape index (κ2) is 7.74. The molecule has 0 saturated heterocycles. The Labute approximate surface area is 164 Å². The Morgan fingerprint density at radius 3 is 2.75 bits per heavy atom. The van der Waals surface area contributed by atoms with Crippen LogP contribution >= 0.6 is 11.6 Å². The van der Waals surface area contributed by atoms with Crippen LogP contribution < -0.4 is 4.74 Å². The number of benzene rings is 2. The van der Waals surface area contributed by atoms with Crippen LogP contribution in [-0.2, 0) is 32.5 Å². The number of carbonyl (C=O) groups is 1. The lowest BCUT2D eigenvalue weighted by atomic mass is 10.1. The molecule has 1 aliphatic rings. The van der Waals surface area contributed by atoms with Crippen molar-refractivity contribution in [2.45, 2.75) is 18.1 Å². The molecule has 0 amide bonds. The number of hydrogen-bond acceptors (Lipinski definition) is 8. The van der Waals surface area contributed by atoms with Crippen LogP contribution in [0.2, 0.25) is 5.02 Å².